The van der Waals surface area contributed by atoms with Gasteiger partial charge in [-0.2, -0.15) is 5.26 Å². The Labute approximate surface area is 136 Å². The minimum absolute atomic E-state index is 0.0213. The summed E-state index contributed by atoms with van der Waals surface area (Å²) in [4.78, 5) is 11.9. The van der Waals surface area contributed by atoms with Crippen LogP contribution in [0, 0.1) is 11.3 Å². The first-order valence-electron chi connectivity index (χ1n) is 7.34. The fraction of sp³-hybridized carbons (Fsp3) is 0.158. The number of benzene rings is 2. The predicted octanol–water partition coefficient (Wildman–Crippen LogP) is 3.91. The van der Waals surface area contributed by atoms with Crippen LogP contribution in [0.25, 0.3) is 6.08 Å². The average Bonchev–Trinajstić information content (AvgIpc) is 2.53. The Bertz CT molecular complexity index is 743. The topological polar surface area (TPSA) is 62.1 Å². The first-order chi connectivity index (χ1) is 11.1. The van der Waals surface area contributed by atoms with Crippen molar-refractivity contribution in [1.82, 2.24) is 5.32 Å². The Morgan fingerprint density at radius 3 is 2.48 bits per heavy atom. The van der Waals surface area contributed by atoms with E-state index in [1.807, 2.05) is 68.4 Å². The van der Waals surface area contributed by atoms with E-state index in [4.69, 9.17) is 10.00 Å². The van der Waals surface area contributed by atoms with Crippen LogP contribution in [0.1, 0.15) is 19.4 Å². The average molecular weight is 306 g/mol. The monoisotopic (exact) mass is 306 g/mol. The number of ether oxygens (including phenoxy) is 1. The van der Waals surface area contributed by atoms with Crippen LogP contribution in [0.3, 0.4) is 0 Å². The Morgan fingerprint density at radius 2 is 1.83 bits per heavy atom. The quantitative estimate of drug-likeness (QED) is 0.673. The molecule has 0 aliphatic heterocycles. The molecule has 23 heavy (non-hydrogen) atoms. The van der Waals surface area contributed by atoms with Crippen molar-refractivity contribution in [3.8, 4) is 17.6 Å². The van der Waals surface area contributed by atoms with E-state index in [1.54, 1.807) is 12.1 Å². The van der Waals surface area contributed by atoms with Crippen LogP contribution in [0.15, 0.2) is 60.2 Å². The number of para-hydroxylation sites is 1. The minimum Gasteiger partial charge on any atom is -0.457 e. The van der Waals surface area contributed by atoms with Gasteiger partial charge in [0.25, 0.3) is 5.91 Å². The Hall–Kier alpha value is -3.06. The van der Waals surface area contributed by atoms with Gasteiger partial charge >= 0.3 is 0 Å². The molecule has 0 saturated carbocycles. The van der Waals surface area contributed by atoms with Crippen LogP contribution in [-0.4, -0.2) is 11.9 Å². The van der Waals surface area contributed by atoms with Crippen molar-refractivity contribution >= 4 is 12.0 Å². The minimum atomic E-state index is -0.378. The van der Waals surface area contributed by atoms with E-state index in [9.17, 15) is 4.79 Å². The summed E-state index contributed by atoms with van der Waals surface area (Å²) in [6.45, 7) is 3.70. The zero-order valence-electron chi connectivity index (χ0n) is 13.1. The highest BCUT2D eigenvalue weighted by molar-refractivity contribution is 6.01. The summed E-state index contributed by atoms with van der Waals surface area (Å²) >= 11 is 0. The SMILES string of the molecule is CC(C)NC(=O)/C(C#N)=C/c1cccc(Oc2ccccc2)c1. The van der Waals surface area contributed by atoms with Gasteiger partial charge in [-0.25, -0.2) is 0 Å². The molecule has 0 heterocycles. The highest BCUT2D eigenvalue weighted by Gasteiger charge is 2.10. The van der Waals surface area contributed by atoms with Crippen LogP contribution in [-0.2, 0) is 4.79 Å². The van der Waals surface area contributed by atoms with Crippen molar-refractivity contribution in [2.75, 3.05) is 0 Å². The summed E-state index contributed by atoms with van der Waals surface area (Å²) in [5.74, 6) is 0.995. The van der Waals surface area contributed by atoms with E-state index in [0.29, 0.717) is 5.75 Å². The number of carbonyl (C=O) groups is 1. The molecular formula is C19H18N2O2. The number of rotatable bonds is 5. The van der Waals surface area contributed by atoms with Gasteiger partial charge in [0.2, 0.25) is 0 Å². The molecular weight excluding hydrogens is 288 g/mol. The maximum absolute atomic E-state index is 11.9. The predicted molar refractivity (Wildman–Crippen MR) is 89.8 cm³/mol. The lowest BCUT2D eigenvalue weighted by atomic mass is 10.1. The highest BCUT2D eigenvalue weighted by Crippen LogP contribution is 2.22. The van der Waals surface area contributed by atoms with E-state index in [1.165, 1.54) is 0 Å². The Balaban J connectivity index is 2.20. The van der Waals surface area contributed by atoms with Gasteiger partial charge in [-0.3, -0.25) is 4.79 Å². The first-order valence-corrected chi connectivity index (χ1v) is 7.34. The van der Waals surface area contributed by atoms with Gasteiger partial charge in [0, 0.05) is 6.04 Å². The zero-order valence-corrected chi connectivity index (χ0v) is 13.1. The van der Waals surface area contributed by atoms with Gasteiger partial charge in [0.1, 0.15) is 23.1 Å². The second-order valence-electron chi connectivity index (χ2n) is 5.29. The number of amides is 1. The fourth-order valence-electron chi connectivity index (χ4n) is 1.95. The number of nitriles is 1. The van der Waals surface area contributed by atoms with E-state index in [2.05, 4.69) is 5.32 Å². The van der Waals surface area contributed by atoms with Gasteiger partial charge in [0.05, 0.1) is 0 Å². The molecule has 116 valence electrons. The van der Waals surface area contributed by atoms with Crippen molar-refractivity contribution in [3.63, 3.8) is 0 Å². The molecule has 4 nitrogen and oxygen atoms in total. The van der Waals surface area contributed by atoms with Crippen LogP contribution < -0.4 is 10.1 Å². The first kappa shape index (κ1) is 16.3. The third-order valence-corrected chi connectivity index (χ3v) is 2.93. The second kappa shape index (κ2) is 7.81. The lowest BCUT2D eigenvalue weighted by molar-refractivity contribution is -0.117. The number of hydrogen-bond donors (Lipinski definition) is 1. The van der Waals surface area contributed by atoms with Gasteiger partial charge < -0.3 is 10.1 Å². The van der Waals surface area contributed by atoms with Gasteiger partial charge in [-0.05, 0) is 49.8 Å². The molecule has 0 aromatic heterocycles. The summed E-state index contributed by atoms with van der Waals surface area (Å²) in [6, 6.07) is 18.6. The summed E-state index contributed by atoms with van der Waals surface area (Å²) < 4.78 is 5.75. The van der Waals surface area contributed by atoms with Crippen LogP contribution in [0.2, 0.25) is 0 Å². The molecule has 1 N–H and O–H groups in total. The second-order valence-corrected chi connectivity index (χ2v) is 5.29. The number of nitrogens with one attached hydrogen (secondary N) is 1. The maximum Gasteiger partial charge on any atom is 0.262 e. The van der Waals surface area contributed by atoms with Crippen LogP contribution >= 0.6 is 0 Å². The molecule has 4 heteroatoms. The van der Waals surface area contributed by atoms with Crippen LogP contribution in [0.5, 0.6) is 11.5 Å². The fourth-order valence-corrected chi connectivity index (χ4v) is 1.95. The largest absolute Gasteiger partial charge is 0.457 e. The smallest absolute Gasteiger partial charge is 0.262 e. The van der Waals surface area contributed by atoms with E-state index in [0.717, 1.165) is 11.3 Å². The number of nitrogens with zero attached hydrogens (tertiary/aromatic N) is 1. The van der Waals surface area contributed by atoms with Crippen molar-refractivity contribution < 1.29 is 9.53 Å². The molecule has 1 amide bonds. The summed E-state index contributed by atoms with van der Waals surface area (Å²) in [6.07, 6.45) is 1.55. The summed E-state index contributed by atoms with van der Waals surface area (Å²) in [7, 11) is 0. The van der Waals surface area contributed by atoms with Gasteiger partial charge in [-0.15, -0.1) is 0 Å². The molecule has 0 unspecified atom stereocenters. The maximum atomic E-state index is 11.9. The normalized spacial score (nSPS) is 11.0. The lowest BCUT2D eigenvalue weighted by Crippen LogP contribution is -2.30. The molecule has 0 atom stereocenters. The zero-order chi connectivity index (χ0) is 16.7. The molecule has 0 radical (unpaired) electrons. The third kappa shape index (κ3) is 5.01. The summed E-state index contributed by atoms with van der Waals surface area (Å²) in [5, 5.41) is 11.9. The number of hydrogen-bond acceptors (Lipinski definition) is 3. The number of carbonyl (C=O) groups excluding carboxylic acids is 1. The van der Waals surface area contributed by atoms with E-state index < -0.39 is 0 Å². The van der Waals surface area contributed by atoms with Crippen LogP contribution in [0.4, 0.5) is 0 Å². The Kier molecular flexibility index (Phi) is 5.54. The Morgan fingerprint density at radius 1 is 1.13 bits per heavy atom. The van der Waals surface area contributed by atoms with E-state index in [-0.39, 0.29) is 17.5 Å². The molecule has 0 spiro atoms. The molecule has 0 fully saturated rings. The van der Waals surface area contributed by atoms with E-state index >= 15 is 0 Å². The van der Waals surface area contributed by atoms with Gasteiger partial charge in [0.15, 0.2) is 0 Å². The van der Waals surface area contributed by atoms with Gasteiger partial charge in [-0.1, -0.05) is 30.3 Å². The highest BCUT2D eigenvalue weighted by atomic mass is 16.5. The summed E-state index contributed by atoms with van der Waals surface area (Å²) in [5.41, 5.74) is 0.796. The molecule has 0 aliphatic carbocycles. The lowest BCUT2D eigenvalue weighted by Gasteiger charge is -2.08. The van der Waals surface area contributed by atoms with Crippen molar-refractivity contribution in [2.24, 2.45) is 0 Å². The molecule has 2 aromatic carbocycles. The molecule has 0 aliphatic rings. The van der Waals surface area contributed by atoms with Crippen molar-refractivity contribution in [3.05, 3.63) is 65.7 Å². The molecule has 2 aromatic rings. The third-order valence-electron chi connectivity index (χ3n) is 2.93. The molecule has 2 rings (SSSR count). The van der Waals surface area contributed by atoms with Crippen molar-refractivity contribution in [1.29, 1.82) is 5.26 Å². The molecule has 0 bridgehead atoms. The standard InChI is InChI=1S/C19H18N2O2/c1-14(2)21-19(22)16(13-20)11-15-7-6-10-18(12-15)23-17-8-4-3-5-9-17/h3-12,14H,1-2H3,(H,21,22)/b16-11+. The van der Waals surface area contributed by atoms with Crippen molar-refractivity contribution in [2.45, 2.75) is 19.9 Å². The molecule has 0 saturated heterocycles.